The first-order chi connectivity index (χ1) is 27.8. The van der Waals surface area contributed by atoms with Crippen molar-refractivity contribution in [2.45, 2.75) is 68.7 Å². The summed E-state index contributed by atoms with van der Waals surface area (Å²) in [5.74, 6) is 1.85. The Hall–Kier alpha value is -4.82. The number of likely N-dealkylation sites (N-methyl/N-ethyl adjacent to an activating group) is 1. The molecule has 12 nitrogen and oxygen atoms in total. The molecule has 0 fully saturated rings. The average Bonchev–Trinajstić information content (AvgIpc) is 3.70. The number of aromatic hydroxyl groups is 2. The van der Waals surface area contributed by atoms with Crippen molar-refractivity contribution in [3.05, 3.63) is 99.7 Å². The number of nitrogens with one attached hydrogen (secondary N) is 3. The lowest BCUT2D eigenvalue weighted by molar-refractivity contribution is -0.128. The molecule has 4 aromatic carbocycles. The van der Waals surface area contributed by atoms with Gasteiger partial charge in [-0.25, -0.2) is 0 Å². The van der Waals surface area contributed by atoms with Crippen LogP contribution in [-0.4, -0.2) is 96.0 Å². The molecule has 3 aliphatic rings. The standard InChI is InChI=1S/C45H53N3O9/c1-46-24-45(55-25-47-2)22-37-36-19-29(17-26-5-10-38-27(16-26)11-12-48-38)35-21-31(52)6-8-33(35)40(36)43-34(9-7-32(23-51)56-43)42(37)57-44(45)30-18-28(4-3-13-49)41(53)39(20-30)54-15-14-50/h5-6,8,10-12,16,18,20-21,29,32,44,46-53H,3-4,7,9,13-15,17,19,22-25H2,1-2H3. The summed E-state index contributed by atoms with van der Waals surface area (Å²) in [4.78, 5) is 3.29. The fourth-order valence-corrected chi connectivity index (χ4v) is 9.29. The maximum atomic E-state index is 11.3. The third-order valence-electron chi connectivity index (χ3n) is 11.8. The third-order valence-corrected chi connectivity index (χ3v) is 11.8. The molecule has 1 aromatic heterocycles. The maximum absolute atomic E-state index is 11.3. The van der Waals surface area contributed by atoms with Crippen LogP contribution in [0.4, 0.5) is 0 Å². The summed E-state index contributed by atoms with van der Waals surface area (Å²) in [5.41, 5.74) is 8.71. The van der Waals surface area contributed by atoms with Crippen LogP contribution in [-0.2, 0) is 36.8 Å². The van der Waals surface area contributed by atoms with Gasteiger partial charge in [0.05, 0.1) is 19.9 Å². The molecule has 2 aliphatic heterocycles. The zero-order valence-corrected chi connectivity index (χ0v) is 32.6. The summed E-state index contributed by atoms with van der Waals surface area (Å²) in [6.45, 7) is 0.249. The van der Waals surface area contributed by atoms with Crippen molar-refractivity contribution < 1.29 is 44.5 Å². The van der Waals surface area contributed by atoms with Gasteiger partial charge in [-0.3, -0.25) is 5.32 Å². The molecule has 0 radical (unpaired) electrons. The molecular weight excluding hydrogens is 727 g/mol. The van der Waals surface area contributed by atoms with Gasteiger partial charge in [0.1, 0.15) is 35.6 Å². The number of hydrogen-bond donors (Lipinski definition) is 8. The van der Waals surface area contributed by atoms with E-state index in [1.807, 2.05) is 38.5 Å². The highest BCUT2D eigenvalue weighted by Crippen LogP contribution is 2.58. The minimum absolute atomic E-state index is 0.00874. The first-order valence-corrected chi connectivity index (χ1v) is 20.0. The number of ether oxygens (including phenoxy) is 4. The SMILES string of the molecule is CNCOC1(CNC)Cc2c3c(c4c(c2OC1c1cc(CCCO)c(O)c(OCCO)c1)CCC(CO)O4)-c1ccc(O)cc1C(Cc1ccc2[nH]ccc2c1)C3. The maximum Gasteiger partial charge on any atom is 0.161 e. The number of hydrogen-bond acceptors (Lipinski definition) is 11. The normalized spacial score (nSPS) is 20.9. The Morgan fingerprint density at radius 1 is 0.912 bits per heavy atom. The number of phenols is 2. The lowest BCUT2D eigenvalue weighted by atomic mass is 9.70. The Bertz CT molecular complexity index is 2210. The second-order valence-electron chi connectivity index (χ2n) is 15.5. The van der Waals surface area contributed by atoms with Gasteiger partial charge < -0.3 is 54.8 Å². The number of rotatable bonds is 15. The summed E-state index contributed by atoms with van der Waals surface area (Å²) in [7, 11) is 3.73. The van der Waals surface area contributed by atoms with Crippen molar-refractivity contribution in [3.8, 4) is 39.9 Å². The number of aromatic nitrogens is 1. The summed E-state index contributed by atoms with van der Waals surface area (Å²) >= 11 is 0. The Morgan fingerprint density at radius 3 is 2.58 bits per heavy atom. The van der Waals surface area contributed by atoms with E-state index in [0.29, 0.717) is 56.4 Å². The average molecular weight is 780 g/mol. The van der Waals surface area contributed by atoms with Crippen LogP contribution < -0.4 is 24.8 Å². The van der Waals surface area contributed by atoms with Crippen molar-refractivity contribution >= 4 is 10.9 Å². The molecule has 4 atom stereocenters. The largest absolute Gasteiger partial charge is 0.508 e. The fraction of sp³-hybridized carbons (Fsp3) is 0.422. The zero-order chi connectivity index (χ0) is 39.7. The molecular formula is C45H53N3O9. The molecule has 4 unspecified atom stereocenters. The van der Waals surface area contributed by atoms with Gasteiger partial charge in [-0.2, -0.15) is 0 Å². The van der Waals surface area contributed by atoms with Crippen LogP contribution in [0.15, 0.2) is 60.8 Å². The van der Waals surface area contributed by atoms with E-state index in [1.165, 1.54) is 5.56 Å². The highest BCUT2D eigenvalue weighted by Gasteiger charge is 2.50. The van der Waals surface area contributed by atoms with E-state index in [4.69, 9.17) is 18.9 Å². The number of phenolic OH excluding ortho intramolecular Hbond substituents is 2. The second kappa shape index (κ2) is 16.6. The highest BCUT2D eigenvalue weighted by atomic mass is 16.6. The number of aliphatic hydroxyl groups is 3. The second-order valence-corrected chi connectivity index (χ2v) is 15.5. The molecule has 5 aromatic rings. The van der Waals surface area contributed by atoms with Crippen molar-refractivity contribution in [2.24, 2.45) is 0 Å². The quantitative estimate of drug-likeness (QED) is 0.0676. The Kier molecular flexibility index (Phi) is 11.3. The van der Waals surface area contributed by atoms with E-state index in [0.717, 1.165) is 62.0 Å². The molecule has 0 amide bonds. The van der Waals surface area contributed by atoms with E-state index in [-0.39, 0.29) is 62.4 Å². The van der Waals surface area contributed by atoms with Crippen molar-refractivity contribution in [1.82, 2.24) is 15.6 Å². The molecule has 1 aliphatic carbocycles. The number of benzene rings is 4. The van der Waals surface area contributed by atoms with Crippen LogP contribution in [0, 0.1) is 0 Å². The van der Waals surface area contributed by atoms with Crippen LogP contribution in [0.2, 0.25) is 0 Å². The summed E-state index contributed by atoms with van der Waals surface area (Å²) in [5, 5.41) is 59.6. The molecule has 0 spiro atoms. The van der Waals surface area contributed by atoms with Gasteiger partial charge in [0.2, 0.25) is 0 Å². The highest BCUT2D eigenvalue weighted by molar-refractivity contribution is 5.85. The molecule has 8 rings (SSSR count). The molecule has 0 saturated heterocycles. The third kappa shape index (κ3) is 7.30. The first kappa shape index (κ1) is 39.0. The number of aryl methyl sites for hydroxylation is 1. The first-order valence-electron chi connectivity index (χ1n) is 20.0. The van der Waals surface area contributed by atoms with Crippen LogP contribution in [0.5, 0.6) is 28.7 Å². The molecule has 0 saturated carbocycles. The van der Waals surface area contributed by atoms with Crippen LogP contribution >= 0.6 is 0 Å². The van der Waals surface area contributed by atoms with Gasteiger partial charge in [0, 0.05) is 48.0 Å². The zero-order valence-electron chi connectivity index (χ0n) is 32.6. The Balaban J connectivity index is 1.33. The smallest absolute Gasteiger partial charge is 0.161 e. The van der Waals surface area contributed by atoms with Gasteiger partial charge in [0.15, 0.2) is 17.6 Å². The minimum Gasteiger partial charge on any atom is -0.508 e. The predicted molar refractivity (Wildman–Crippen MR) is 217 cm³/mol. The predicted octanol–water partition coefficient (Wildman–Crippen LogP) is 4.94. The molecule has 302 valence electrons. The molecule has 8 N–H and O–H groups in total. The fourth-order valence-electron chi connectivity index (χ4n) is 9.29. The summed E-state index contributed by atoms with van der Waals surface area (Å²) in [6.07, 6.45) is 4.81. The van der Waals surface area contributed by atoms with Crippen molar-refractivity contribution in [2.75, 3.05) is 53.8 Å². The van der Waals surface area contributed by atoms with Gasteiger partial charge in [-0.05, 0) is 140 Å². The lowest BCUT2D eigenvalue weighted by Gasteiger charge is -2.47. The number of H-pyrrole nitrogens is 1. The van der Waals surface area contributed by atoms with Gasteiger partial charge in [0.25, 0.3) is 0 Å². The topological polar surface area (TPSA) is 178 Å². The Labute approximate surface area is 332 Å². The van der Waals surface area contributed by atoms with Crippen LogP contribution in [0.1, 0.15) is 63.8 Å². The molecule has 0 bridgehead atoms. The number of aromatic amines is 1. The van der Waals surface area contributed by atoms with E-state index >= 15 is 0 Å². The van der Waals surface area contributed by atoms with Gasteiger partial charge >= 0.3 is 0 Å². The van der Waals surface area contributed by atoms with Crippen molar-refractivity contribution in [3.63, 3.8) is 0 Å². The van der Waals surface area contributed by atoms with Crippen LogP contribution in [0.25, 0.3) is 22.0 Å². The minimum atomic E-state index is -0.959. The number of aliphatic hydroxyl groups excluding tert-OH is 3. The summed E-state index contributed by atoms with van der Waals surface area (Å²) < 4.78 is 26.8. The molecule has 57 heavy (non-hydrogen) atoms. The monoisotopic (exact) mass is 779 g/mol. The van der Waals surface area contributed by atoms with E-state index < -0.39 is 11.7 Å². The van der Waals surface area contributed by atoms with Gasteiger partial charge in [-0.15, -0.1) is 0 Å². The van der Waals surface area contributed by atoms with Crippen molar-refractivity contribution in [1.29, 1.82) is 0 Å². The van der Waals surface area contributed by atoms with E-state index in [1.54, 1.807) is 12.1 Å². The van der Waals surface area contributed by atoms with Gasteiger partial charge in [-0.1, -0.05) is 12.1 Å². The lowest BCUT2D eigenvalue weighted by Crippen LogP contribution is -2.54. The Morgan fingerprint density at radius 2 is 1.79 bits per heavy atom. The number of fused-ring (bicyclic) bond motifs is 9. The van der Waals surface area contributed by atoms with E-state index in [2.05, 4.69) is 39.9 Å². The molecule has 12 heteroatoms. The van der Waals surface area contributed by atoms with E-state index in [9.17, 15) is 25.5 Å². The molecule has 3 heterocycles. The van der Waals surface area contributed by atoms with Crippen LogP contribution in [0.3, 0.4) is 0 Å². The summed E-state index contributed by atoms with van der Waals surface area (Å²) in [6, 6.07) is 17.9.